The number of anilines is 2. The van der Waals surface area contributed by atoms with Crippen molar-refractivity contribution in [3.63, 3.8) is 0 Å². The van der Waals surface area contributed by atoms with E-state index in [0.717, 1.165) is 18.2 Å². The molecule has 4 N–H and O–H groups in total. The van der Waals surface area contributed by atoms with Crippen LogP contribution in [-0.2, 0) is 0 Å². The molecule has 0 spiro atoms. The maximum Gasteiger partial charge on any atom is 0.159 e. The Morgan fingerprint density at radius 1 is 0.889 bits per heavy atom. The molecule has 0 aliphatic rings. The van der Waals surface area contributed by atoms with E-state index in [1.165, 1.54) is 6.07 Å². The molecular formula is C13H11F3N2. The first-order valence-corrected chi connectivity index (χ1v) is 5.21. The van der Waals surface area contributed by atoms with Crippen LogP contribution < -0.4 is 11.5 Å². The van der Waals surface area contributed by atoms with Crippen molar-refractivity contribution in [2.24, 2.45) is 0 Å². The molecule has 0 atom stereocenters. The minimum atomic E-state index is -1.05. The molecular weight excluding hydrogens is 241 g/mol. The molecule has 2 rings (SSSR count). The molecule has 0 aliphatic carbocycles. The highest BCUT2D eigenvalue weighted by molar-refractivity contribution is 5.82. The molecule has 18 heavy (non-hydrogen) atoms. The van der Waals surface area contributed by atoms with E-state index in [1.807, 2.05) is 0 Å². The maximum atomic E-state index is 13.8. The lowest BCUT2D eigenvalue weighted by molar-refractivity contribution is 0.509. The lowest BCUT2D eigenvalue weighted by Gasteiger charge is -2.12. The fourth-order valence-electron chi connectivity index (χ4n) is 1.73. The van der Waals surface area contributed by atoms with Crippen molar-refractivity contribution >= 4 is 11.4 Å². The van der Waals surface area contributed by atoms with Crippen LogP contribution in [0.15, 0.2) is 24.3 Å². The van der Waals surface area contributed by atoms with E-state index in [-0.39, 0.29) is 22.5 Å². The van der Waals surface area contributed by atoms with Gasteiger partial charge in [0.2, 0.25) is 0 Å². The normalized spacial score (nSPS) is 10.7. The summed E-state index contributed by atoms with van der Waals surface area (Å²) in [6, 6.07) is 4.21. The first-order chi connectivity index (χ1) is 8.41. The van der Waals surface area contributed by atoms with E-state index < -0.39 is 17.5 Å². The summed E-state index contributed by atoms with van der Waals surface area (Å²) in [7, 11) is 0. The molecule has 5 heteroatoms. The Morgan fingerprint density at radius 2 is 1.56 bits per heavy atom. The lowest BCUT2D eigenvalue weighted by Crippen LogP contribution is -2.02. The van der Waals surface area contributed by atoms with E-state index in [2.05, 4.69) is 0 Å². The predicted molar refractivity (Wildman–Crippen MR) is 65.3 cm³/mol. The summed E-state index contributed by atoms with van der Waals surface area (Å²) >= 11 is 0. The highest BCUT2D eigenvalue weighted by Crippen LogP contribution is 2.34. The lowest BCUT2D eigenvalue weighted by atomic mass is 9.99. The second-order valence-electron chi connectivity index (χ2n) is 3.99. The van der Waals surface area contributed by atoms with Crippen LogP contribution in [0.3, 0.4) is 0 Å². The molecule has 94 valence electrons. The largest absolute Gasteiger partial charge is 0.398 e. The number of nitrogen functional groups attached to an aromatic ring is 2. The number of rotatable bonds is 1. The molecule has 0 aromatic heterocycles. The Kier molecular flexibility index (Phi) is 2.90. The molecule has 0 bridgehead atoms. The summed E-state index contributed by atoms with van der Waals surface area (Å²) in [5.74, 6) is -2.72. The van der Waals surface area contributed by atoms with Gasteiger partial charge in [-0.25, -0.2) is 13.2 Å². The van der Waals surface area contributed by atoms with E-state index >= 15 is 0 Å². The van der Waals surface area contributed by atoms with E-state index in [1.54, 1.807) is 6.92 Å². The molecule has 2 aromatic carbocycles. The topological polar surface area (TPSA) is 52.0 Å². The summed E-state index contributed by atoms with van der Waals surface area (Å²) in [4.78, 5) is 0. The molecule has 0 saturated heterocycles. The number of halogens is 3. The van der Waals surface area contributed by atoms with Crippen molar-refractivity contribution in [2.45, 2.75) is 6.92 Å². The summed E-state index contributed by atoms with van der Waals surface area (Å²) in [6.45, 7) is 1.63. The van der Waals surface area contributed by atoms with Crippen LogP contribution in [0.25, 0.3) is 11.1 Å². The van der Waals surface area contributed by atoms with Gasteiger partial charge in [-0.3, -0.25) is 0 Å². The molecule has 0 amide bonds. The zero-order chi connectivity index (χ0) is 13.4. The Labute approximate surface area is 102 Å². The standard InChI is InChI=1S/C13H11F3N2/c1-6-11(17)5-10(16)12(13(6)18)7-2-3-8(14)9(15)4-7/h2-5H,17-18H2,1H3. The average Bonchev–Trinajstić information content (AvgIpc) is 2.31. The third kappa shape index (κ3) is 1.88. The zero-order valence-corrected chi connectivity index (χ0v) is 9.60. The van der Waals surface area contributed by atoms with E-state index in [4.69, 9.17) is 11.5 Å². The number of hydrogen-bond donors (Lipinski definition) is 2. The van der Waals surface area contributed by atoms with Gasteiger partial charge in [-0.05, 0) is 36.2 Å². The first-order valence-electron chi connectivity index (χ1n) is 5.21. The fourth-order valence-corrected chi connectivity index (χ4v) is 1.73. The predicted octanol–water partition coefficient (Wildman–Crippen LogP) is 3.24. The van der Waals surface area contributed by atoms with Crippen molar-refractivity contribution in [1.82, 2.24) is 0 Å². The number of benzene rings is 2. The van der Waals surface area contributed by atoms with Gasteiger partial charge in [0.15, 0.2) is 11.6 Å². The highest BCUT2D eigenvalue weighted by atomic mass is 19.2. The van der Waals surface area contributed by atoms with Crippen LogP contribution >= 0.6 is 0 Å². The van der Waals surface area contributed by atoms with Crippen molar-refractivity contribution in [2.75, 3.05) is 11.5 Å². The second-order valence-corrected chi connectivity index (χ2v) is 3.99. The monoisotopic (exact) mass is 252 g/mol. The Balaban J connectivity index is 2.71. The van der Waals surface area contributed by atoms with Crippen molar-refractivity contribution < 1.29 is 13.2 Å². The molecule has 0 heterocycles. The van der Waals surface area contributed by atoms with Gasteiger partial charge in [0.1, 0.15) is 5.82 Å². The Morgan fingerprint density at radius 3 is 2.17 bits per heavy atom. The average molecular weight is 252 g/mol. The molecule has 2 aromatic rings. The van der Waals surface area contributed by atoms with Gasteiger partial charge in [-0.15, -0.1) is 0 Å². The van der Waals surface area contributed by atoms with Crippen LogP contribution in [0.1, 0.15) is 5.56 Å². The second kappa shape index (κ2) is 4.25. The summed E-state index contributed by atoms with van der Waals surface area (Å²) < 4.78 is 39.8. The van der Waals surface area contributed by atoms with Crippen LogP contribution in [0, 0.1) is 24.4 Å². The maximum absolute atomic E-state index is 13.8. The molecule has 2 nitrogen and oxygen atoms in total. The molecule has 0 radical (unpaired) electrons. The van der Waals surface area contributed by atoms with Gasteiger partial charge in [-0.2, -0.15) is 0 Å². The highest BCUT2D eigenvalue weighted by Gasteiger charge is 2.15. The van der Waals surface area contributed by atoms with Gasteiger partial charge in [0, 0.05) is 16.9 Å². The number of nitrogens with two attached hydrogens (primary N) is 2. The summed E-state index contributed by atoms with van der Waals surface area (Å²) in [6.07, 6.45) is 0. The SMILES string of the molecule is Cc1c(N)cc(F)c(-c2ccc(F)c(F)c2)c1N. The smallest absolute Gasteiger partial charge is 0.159 e. The van der Waals surface area contributed by atoms with Gasteiger partial charge in [0.05, 0.1) is 0 Å². The van der Waals surface area contributed by atoms with Crippen LogP contribution in [0.2, 0.25) is 0 Å². The quantitative estimate of drug-likeness (QED) is 0.765. The van der Waals surface area contributed by atoms with E-state index in [0.29, 0.717) is 5.56 Å². The van der Waals surface area contributed by atoms with E-state index in [9.17, 15) is 13.2 Å². The summed E-state index contributed by atoms with van der Waals surface area (Å²) in [5, 5.41) is 0. The zero-order valence-electron chi connectivity index (χ0n) is 9.60. The minimum Gasteiger partial charge on any atom is -0.398 e. The van der Waals surface area contributed by atoms with Crippen molar-refractivity contribution in [3.05, 3.63) is 47.3 Å². The molecule has 0 aliphatic heterocycles. The molecule has 0 unspecified atom stereocenters. The van der Waals surface area contributed by atoms with Crippen molar-refractivity contribution in [3.8, 4) is 11.1 Å². The first kappa shape index (κ1) is 12.3. The van der Waals surface area contributed by atoms with Gasteiger partial charge in [-0.1, -0.05) is 6.07 Å². The third-order valence-corrected chi connectivity index (χ3v) is 2.84. The summed E-state index contributed by atoms with van der Waals surface area (Å²) in [5.41, 5.74) is 12.4. The Bertz CT molecular complexity index is 624. The molecule has 0 saturated carbocycles. The van der Waals surface area contributed by atoms with Crippen LogP contribution in [-0.4, -0.2) is 0 Å². The van der Waals surface area contributed by atoms with Crippen LogP contribution in [0.5, 0.6) is 0 Å². The fraction of sp³-hybridized carbons (Fsp3) is 0.0769. The van der Waals surface area contributed by atoms with Gasteiger partial charge >= 0.3 is 0 Å². The number of hydrogen-bond acceptors (Lipinski definition) is 2. The Hall–Kier alpha value is -2.17. The van der Waals surface area contributed by atoms with Crippen molar-refractivity contribution in [1.29, 1.82) is 0 Å². The van der Waals surface area contributed by atoms with Crippen LogP contribution in [0.4, 0.5) is 24.5 Å². The van der Waals surface area contributed by atoms with Gasteiger partial charge in [0.25, 0.3) is 0 Å². The molecule has 0 fully saturated rings. The third-order valence-electron chi connectivity index (χ3n) is 2.84. The minimum absolute atomic E-state index is 0.0283. The van der Waals surface area contributed by atoms with Gasteiger partial charge < -0.3 is 11.5 Å².